The summed E-state index contributed by atoms with van der Waals surface area (Å²) in [7, 11) is 0. The Kier molecular flexibility index (Phi) is 4.56. The van der Waals surface area contributed by atoms with Crippen molar-refractivity contribution in [2.24, 2.45) is 0 Å². The van der Waals surface area contributed by atoms with Crippen LogP contribution in [0.15, 0.2) is 40.9 Å². The highest BCUT2D eigenvalue weighted by Crippen LogP contribution is 2.23. The van der Waals surface area contributed by atoms with E-state index in [4.69, 9.17) is 4.52 Å². The molecule has 0 fully saturated rings. The molecule has 4 rings (SSSR count). The van der Waals surface area contributed by atoms with E-state index in [0.717, 1.165) is 37.1 Å². The Hall–Kier alpha value is -2.89. The van der Waals surface area contributed by atoms with Gasteiger partial charge in [0.05, 0.1) is 17.9 Å². The number of nitrogens with zero attached hydrogens (tertiary/aromatic N) is 2. The number of benzene rings is 1. The van der Waals surface area contributed by atoms with Crippen molar-refractivity contribution in [1.82, 2.24) is 20.7 Å². The summed E-state index contributed by atoms with van der Waals surface area (Å²) in [6.07, 6.45) is 3.95. The van der Waals surface area contributed by atoms with E-state index in [2.05, 4.69) is 39.7 Å². The summed E-state index contributed by atoms with van der Waals surface area (Å²) in [4.78, 5) is 12.3. The van der Waals surface area contributed by atoms with Crippen LogP contribution < -0.4 is 5.32 Å². The second-order valence-corrected chi connectivity index (χ2v) is 6.86. The summed E-state index contributed by atoms with van der Waals surface area (Å²) in [5.74, 6) is 0.294. The highest BCUT2D eigenvalue weighted by atomic mass is 16.5. The minimum atomic E-state index is -0.258. The van der Waals surface area contributed by atoms with Crippen molar-refractivity contribution in [2.75, 3.05) is 0 Å². The molecule has 26 heavy (non-hydrogen) atoms. The Balaban J connectivity index is 1.35. The normalized spacial score (nSPS) is 14.2. The minimum Gasteiger partial charge on any atom is -0.351 e. The fourth-order valence-electron chi connectivity index (χ4n) is 3.51. The Bertz CT molecular complexity index is 898. The molecule has 1 aromatic carbocycles. The monoisotopic (exact) mass is 350 g/mol. The standard InChI is InChI=1S/C20H22N4O2/c1-13(14-6-3-2-4-7-14)10-15-11-19(26-24-15)20(25)21-12-18-16-8-5-9-17(16)22-23-18/h2-4,6-7,11,13H,5,8-10,12H2,1H3,(H,21,25)(H,22,23). The molecule has 6 nitrogen and oxygen atoms in total. The largest absolute Gasteiger partial charge is 0.351 e. The van der Waals surface area contributed by atoms with Gasteiger partial charge in [0.25, 0.3) is 5.91 Å². The van der Waals surface area contributed by atoms with E-state index in [1.54, 1.807) is 6.07 Å². The molecule has 0 bridgehead atoms. The number of aromatic amines is 1. The maximum absolute atomic E-state index is 12.3. The number of fused-ring (bicyclic) bond motifs is 1. The van der Waals surface area contributed by atoms with Crippen LogP contribution in [0.2, 0.25) is 0 Å². The van der Waals surface area contributed by atoms with E-state index in [1.165, 1.54) is 16.8 Å². The van der Waals surface area contributed by atoms with Gasteiger partial charge in [-0.3, -0.25) is 9.89 Å². The van der Waals surface area contributed by atoms with Crippen LogP contribution in [0.1, 0.15) is 58.0 Å². The van der Waals surface area contributed by atoms with Gasteiger partial charge in [-0.1, -0.05) is 42.4 Å². The highest BCUT2D eigenvalue weighted by Gasteiger charge is 2.20. The summed E-state index contributed by atoms with van der Waals surface area (Å²) in [6.45, 7) is 2.54. The van der Waals surface area contributed by atoms with Gasteiger partial charge in [-0.05, 0) is 42.7 Å². The lowest BCUT2D eigenvalue weighted by molar-refractivity contribution is 0.0913. The van der Waals surface area contributed by atoms with Crippen molar-refractivity contribution in [3.05, 3.63) is 70.4 Å². The summed E-state index contributed by atoms with van der Waals surface area (Å²) in [5.41, 5.74) is 5.40. The average molecular weight is 350 g/mol. The predicted molar refractivity (Wildman–Crippen MR) is 96.8 cm³/mol. The predicted octanol–water partition coefficient (Wildman–Crippen LogP) is 3.16. The molecule has 0 spiro atoms. The number of hydrogen-bond donors (Lipinski definition) is 2. The molecule has 134 valence electrons. The zero-order valence-electron chi connectivity index (χ0n) is 14.8. The first-order chi connectivity index (χ1) is 12.7. The van der Waals surface area contributed by atoms with E-state index >= 15 is 0 Å². The van der Waals surface area contributed by atoms with Crippen LogP contribution >= 0.6 is 0 Å². The molecule has 2 N–H and O–H groups in total. The molecule has 1 unspecified atom stereocenters. The lowest BCUT2D eigenvalue weighted by Crippen LogP contribution is -2.23. The first-order valence-electron chi connectivity index (χ1n) is 9.04. The first kappa shape index (κ1) is 16.6. The van der Waals surface area contributed by atoms with Crippen molar-refractivity contribution in [1.29, 1.82) is 0 Å². The lowest BCUT2D eigenvalue weighted by Gasteiger charge is -2.08. The smallest absolute Gasteiger partial charge is 0.290 e. The molecule has 1 amide bonds. The number of nitrogens with one attached hydrogen (secondary N) is 2. The third kappa shape index (κ3) is 3.40. The van der Waals surface area contributed by atoms with Crippen LogP contribution in [0.3, 0.4) is 0 Å². The second-order valence-electron chi connectivity index (χ2n) is 6.86. The number of amides is 1. The SMILES string of the molecule is CC(Cc1cc(C(=O)NCc2n[nH]c3c2CCC3)on1)c1ccccc1. The second kappa shape index (κ2) is 7.15. The summed E-state index contributed by atoms with van der Waals surface area (Å²) in [5, 5.41) is 14.3. The van der Waals surface area contributed by atoms with Gasteiger partial charge in [0, 0.05) is 11.8 Å². The van der Waals surface area contributed by atoms with Gasteiger partial charge in [0.15, 0.2) is 0 Å². The molecule has 0 radical (unpaired) electrons. The van der Waals surface area contributed by atoms with E-state index in [9.17, 15) is 4.79 Å². The molecule has 2 heterocycles. The number of rotatable bonds is 6. The van der Waals surface area contributed by atoms with Gasteiger partial charge in [-0.15, -0.1) is 0 Å². The fraction of sp³-hybridized carbons (Fsp3) is 0.350. The van der Waals surface area contributed by atoms with Crippen molar-refractivity contribution in [3.8, 4) is 0 Å². The topological polar surface area (TPSA) is 83.8 Å². The van der Waals surface area contributed by atoms with Gasteiger partial charge >= 0.3 is 0 Å². The Morgan fingerprint density at radius 1 is 1.31 bits per heavy atom. The Morgan fingerprint density at radius 3 is 3.00 bits per heavy atom. The van der Waals surface area contributed by atoms with E-state index in [1.807, 2.05) is 18.2 Å². The van der Waals surface area contributed by atoms with Gasteiger partial charge in [0.2, 0.25) is 5.76 Å². The first-order valence-corrected chi connectivity index (χ1v) is 9.04. The lowest BCUT2D eigenvalue weighted by atomic mass is 9.96. The molecule has 2 aromatic heterocycles. The molecule has 1 aliphatic carbocycles. The van der Waals surface area contributed by atoms with Crippen molar-refractivity contribution < 1.29 is 9.32 Å². The van der Waals surface area contributed by atoms with Crippen LogP contribution in [-0.2, 0) is 25.8 Å². The third-order valence-corrected chi connectivity index (χ3v) is 4.98. The number of carbonyl (C=O) groups excluding carboxylic acids is 1. The molecular formula is C20H22N4O2. The Labute approximate surface area is 152 Å². The molecule has 1 atom stereocenters. The molecule has 1 aliphatic rings. The molecule has 0 saturated carbocycles. The van der Waals surface area contributed by atoms with Crippen LogP contribution in [-0.4, -0.2) is 21.3 Å². The number of H-pyrrole nitrogens is 1. The molecule has 0 aliphatic heterocycles. The number of aryl methyl sites for hydroxylation is 1. The van der Waals surface area contributed by atoms with E-state index in [0.29, 0.717) is 12.5 Å². The zero-order valence-corrected chi connectivity index (χ0v) is 14.8. The van der Waals surface area contributed by atoms with Crippen LogP contribution in [0, 0.1) is 0 Å². The van der Waals surface area contributed by atoms with Gasteiger partial charge in [0.1, 0.15) is 0 Å². The van der Waals surface area contributed by atoms with Crippen molar-refractivity contribution >= 4 is 5.91 Å². The quantitative estimate of drug-likeness (QED) is 0.715. The van der Waals surface area contributed by atoms with Gasteiger partial charge < -0.3 is 9.84 Å². The number of aromatic nitrogens is 3. The van der Waals surface area contributed by atoms with Gasteiger partial charge in [-0.25, -0.2) is 0 Å². The number of carbonyl (C=O) groups is 1. The molecule has 6 heteroatoms. The molecule has 3 aromatic rings. The Morgan fingerprint density at radius 2 is 2.15 bits per heavy atom. The van der Waals surface area contributed by atoms with E-state index < -0.39 is 0 Å². The van der Waals surface area contributed by atoms with Gasteiger partial charge in [-0.2, -0.15) is 5.10 Å². The minimum absolute atomic E-state index is 0.243. The maximum atomic E-state index is 12.3. The maximum Gasteiger partial charge on any atom is 0.290 e. The van der Waals surface area contributed by atoms with Crippen molar-refractivity contribution in [2.45, 2.75) is 45.1 Å². The summed E-state index contributed by atoms with van der Waals surface area (Å²) in [6, 6.07) is 12.0. The molecular weight excluding hydrogens is 328 g/mol. The zero-order chi connectivity index (χ0) is 17.9. The van der Waals surface area contributed by atoms with Crippen LogP contribution in [0.25, 0.3) is 0 Å². The summed E-state index contributed by atoms with van der Waals surface area (Å²) >= 11 is 0. The van der Waals surface area contributed by atoms with Crippen molar-refractivity contribution in [3.63, 3.8) is 0 Å². The average Bonchev–Trinajstić information content (AvgIpc) is 3.38. The third-order valence-electron chi connectivity index (χ3n) is 4.98. The van der Waals surface area contributed by atoms with Crippen LogP contribution in [0.4, 0.5) is 0 Å². The fourth-order valence-corrected chi connectivity index (χ4v) is 3.51. The number of hydrogen-bond acceptors (Lipinski definition) is 4. The van der Waals surface area contributed by atoms with E-state index in [-0.39, 0.29) is 11.7 Å². The molecule has 0 saturated heterocycles. The summed E-state index contributed by atoms with van der Waals surface area (Å²) < 4.78 is 5.24. The highest BCUT2D eigenvalue weighted by molar-refractivity contribution is 5.91. The van der Waals surface area contributed by atoms with Crippen LogP contribution in [0.5, 0.6) is 0 Å².